The lowest BCUT2D eigenvalue weighted by Crippen LogP contribution is -2.49. The maximum Gasteiger partial charge on any atom is 0.325 e. The molecule has 0 aliphatic carbocycles. The zero-order valence-corrected chi connectivity index (χ0v) is 19.3. The predicted octanol–water partition coefficient (Wildman–Crippen LogP) is 2.07. The van der Waals surface area contributed by atoms with Gasteiger partial charge >= 0.3 is 6.03 Å². The second-order valence-corrected chi connectivity index (χ2v) is 8.75. The lowest BCUT2D eigenvalue weighted by Gasteiger charge is -2.33. The molecule has 0 saturated carbocycles. The van der Waals surface area contributed by atoms with E-state index >= 15 is 0 Å². The number of amides is 3. The minimum absolute atomic E-state index is 0.153. The number of guanidine groups is 1. The van der Waals surface area contributed by atoms with Crippen LogP contribution in [0.5, 0.6) is 0 Å². The number of carbonyl (C=O) groups excluding carboxylic acids is 2. The van der Waals surface area contributed by atoms with Gasteiger partial charge in [-0.05, 0) is 50.3 Å². The second kappa shape index (κ2) is 10.8. The first-order valence-corrected chi connectivity index (χ1v) is 11.4. The van der Waals surface area contributed by atoms with Crippen LogP contribution in [0.4, 0.5) is 9.18 Å². The average molecular weight is 447 g/mol. The van der Waals surface area contributed by atoms with E-state index in [-0.39, 0.29) is 17.8 Å². The number of halogens is 1. The summed E-state index contributed by atoms with van der Waals surface area (Å²) in [4.78, 5) is 32.5. The maximum absolute atomic E-state index is 13.1. The summed E-state index contributed by atoms with van der Waals surface area (Å²) in [5, 5.41) is 9.53. The number of nitrogens with zero attached hydrogens (tertiary/aromatic N) is 3. The van der Waals surface area contributed by atoms with Gasteiger partial charge in [0.15, 0.2) is 5.96 Å². The molecule has 0 radical (unpaired) electrons. The molecule has 0 spiro atoms. The summed E-state index contributed by atoms with van der Waals surface area (Å²) in [7, 11) is 1.74. The number of rotatable bonds is 8. The third-order valence-corrected chi connectivity index (χ3v) is 6.37. The highest BCUT2D eigenvalue weighted by Crippen LogP contribution is 2.20. The van der Waals surface area contributed by atoms with Crippen LogP contribution < -0.4 is 16.0 Å². The molecule has 0 bridgehead atoms. The molecule has 2 saturated heterocycles. The van der Waals surface area contributed by atoms with E-state index in [1.54, 1.807) is 14.0 Å². The molecule has 3 N–H and O–H groups in total. The normalized spacial score (nSPS) is 22.9. The maximum atomic E-state index is 13.1. The number of likely N-dealkylation sites (tertiary alicyclic amines) is 1. The van der Waals surface area contributed by atoms with Crippen molar-refractivity contribution in [2.45, 2.75) is 57.7 Å². The molecule has 32 heavy (non-hydrogen) atoms. The quantitative estimate of drug-likeness (QED) is 0.246. The first kappa shape index (κ1) is 24.0. The zero-order valence-electron chi connectivity index (χ0n) is 19.3. The van der Waals surface area contributed by atoms with E-state index in [4.69, 9.17) is 0 Å². The topological polar surface area (TPSA) is 89.1 Å². The fraction of sp³-hybridized carbons (Fsp3) is 0.609. The van der Waals surface area contributed by atoms with Crippen molar-refractivity contribution in [1.29, 1.82) is 0 Å². The van der Waals surface area contributed by atoms with Crippen molar-refractivity contribution in [3.05, 3.63) is 35.6 Å². The number of aliphatic imine (C=N–C) groups is 1. The summed E-state index contributed by atoms with van der Waals surface area (Å²) in [5.41, 5.74) is 0.341. The first-order valence-electron chi connectivity index (χ1n) is 11.4. The Morgan fingerprint density at radius 2 is 1.94 bits per heavy atom. The van der Waals surface area contributed by atoms with Crippen molar-refractivity contribution in [1.82, 2.24) is 25.8 Å². The number of carbonyl (C=O) groups is 2. The Labute approximate surface area is 189 Å². The minimum Gasteiger partial charge on any atom is -0.356 e. The van der Waals surface area contributed by atoms with E-state index in [0.29, 0.717) is 32.0 Å². The van der Waals surface area contributed by atoms with Crippen LogP contribution in [0.3, 0.4) is 0 Å². The largest absolute Gasteiger partial charge is 0.356 e. The van der Waals surface area contributed by atoms with Gasteiger partial charge in [0, 0.05) is 45.8 Å². The van der Waals surface area contributed by atoms with Gasteiger partial charge in [-0.3, -0.25) is 19.6 Å². The van der Waals surface area contributed by atoms with Gasteiger partial charge in [0.05, 0.1) is 0 Å². The van der Waals surface area contributed by atoms with Crippen LogP contribution in [0.2, 0.25) is 0 Å². The van der Waals surface area contributed by atoms with Crippen molar-refractivity contribution in [3.8, 4) is 0 Å². The number of benzene rings is 1. The zero-order chi connectivity index (χ0) is 23.1. The fourth-order valence-electron chi connectivity index (χ4n) is 4.11. The molecule has 1 aromatic rings. The van der Waals surface area contributed by atoms with Crippen molar-refractivity contribution < 1.29 is 14.0 Å². The smallest absolute Gasteiger partial charge is 0.325 e. The Kier molecular flexibility index (Phi) is 8.06. The number of imide groups is 1. The summed E-state index contributed by atoms with van der Waals surface area (Å²) in [6.45, 7) is 7.42. The van der Waals surface area contributed by atoms with Gasteiger partial charge in [-0.25, -0.2) is 9.18 Å². The van der Waals surface area contributed by atoms with Gasteiger partial charge < -0.3 is 16.0 Å². The van der Waals surface area contributed by atoms with Crippen molar-refractivity contribution >= 4 is 17.9 Å². The van der Waals surface area contributed by atoms with Crippen LogP contribution in [0, 0.1) is 5.82 Å². The Morgan fingerprint density at radius 1 is 1.25 bits per heavy atom. The van der Waals surface area contributed by atoms with E-state index < -0.39 is 5.54 Å². The molecule has 2 fully saturated rings. The summed E-state index contributed by atoms with van der Waals surface area (Å²) in [6, 6.07) is 6.72. The summed E-state index contributed by atoms with van der Waals surface area (Å²) in [5.74, 6) is 0.378. The summed E-state index contributed by atoms with van der Waals surface area (Å²) in [6.07, 6.45) is 3.22. The third kappa shape index (κ3) is 5.97. The number of hydrogen-bond donors (Lipinski definition) is 3. The molecule has 3 rings (SSSR count). The first-order chi connectivity index (χ1) is 15.3. The minimum atomic E-state index is -0.784. The van der Waals surface area contributed by atoms with Crippen LogP contribution in [0.1, 0.15) is 45.1 Å². The van der Waals surface area contributed by atoms with Crippen LogP contribution >= 0.6 is 0 Å². The molecule has 2 heterocycles. The highest BCUT2D eigenvalue weighted by molar-refractivity contribution is 6.06. The Balaban J connectivity index is 1.35. The number of nitrogens with one attached hydrogen (secondary N) is 3. The lowest BCUT2D eigenvalue weighted by atomic mass is 9.99. The van der Waals surface area contributed by atoms with E-state index in [1.165, 1.54) is 17.0 Å². The lowest BCUT2D eigenvalue weighted by molar-refractivity contribution is -0.130. The van der Waals surface area contributed by atoms with E-state index in [9.17, 15) is 14.0 Å². The highest BCUT2D eigenvalue weighted by Gasteiger charge is 2.45. The molecule has 176 valence electrons. The fourth-order valence-corrected chi connectivity index (χ4v) is 4.11. The van der Waals surface area contributed by atoms with Crippen LogP contribution in [-0.4, -0.2) is 72.5 Å². The van der Waals surface area contributed by atoms with E-state index in [0.717, 1.165) is 44.0 Å². The Bertz CT molecular complexity index is 822. The molecule has 2 aliphatic heterocycles. The van der Waals surface area contributed by atoms with Gasteiger partial charge in [-0.1, -0.05) is 19.1 Å². The predicted molar refractivity (Wildman–Crippen MR) is 123 cm³/mol. The monoisotopic (exact) mass is 446 g/mol. The molecular weight excluding hydrogens is 411 g/mol. The van der Waals surface area contributed by atoms with E-state index in [1.807, 2.05) is 19.1 Å². The Morgan fingerprint density at radius 3 is 2.53 bits per heavy atom. The third-order valence-electron chi connectivity index (χ3n) is 6.37. The molecule has 2 aliphatic rings. The van der Waals surface area contributed by atoms with Gasteiger partial charge in [0.2, 0.25) is 0 Å². The van der Waals surface area contributed by atoms with E-state index in [2.05, 4.69) is 25.8 Å². The summed E-state index contributed by atoms with van der Waals surface area (Å²) >= 11 is 0. The van der Waals surface area contributed by atoms with Gasteiger partial charge in [-0.2, -0.15) is 0 Å². The van der Waals surface area contributed by atoms with Gasteiger partial charge in [0.1, 0.15) is 11.4 Å². The number of hydrogen-bond acceptors (Lipinski definition) is 4. The molecule has 0 aromatic heterocycles. The molecule has 3 amide bonds. The van der Waals surface area contributed by atoms with Crippen molar-refractivity contribution in [3.63, 3.8) is 0 Å². The summed E-state index contributed by atoms with van der Waals surface area (Å²) < 4.78 is 13.1. The molecule has 1 aromatic carbocycles. The number of urea groups is 1. The second-order valence-electron chi connectivity index (χ2n) is 8.75. The highest BCUT2D eigenvalue weighted by atomic mass is 19.1. The van der Waals surface area contributed by atoms with Crippen LogP contribution in [0.25, 0.3) is 0 Å². The molecule has 1 unspecified atom stereocenters. The van der Waals surface area contributed by atoms with Crippen molar-refractivity contribution in [2.24, 2.45) is 4.99 Å². The molecule has 1 atom stereocenters. The SMILES string of the molecule is CCC1(C)NC(=O)N(CCCNC(=NC)NC2CCN(Cc3ccc(F)cc3)CC2)C1=O. The average Bonchev–Trinajstić information content (AvgIpc) is 3.01. The van der Waals surface area contributed by atoms with Crippen LogP contribution in [-0.2, 0) is 11.3 Å². The molecular formula is C23H35FN6O2. The standard InChI is InChI=1S/C23H35FN6O2/c1-4-23(2)20(31)30(22(32)28-23)13-5-12-26-21(25-3)27-19-10-14-29(15-11-19)16-17-6-8-18(24)9-7-17/h6-9,19H,4-5,10-16H2,1-3H3,(H,28,32)(H2,25,26,27). The Hall–Kier alpha value is -2.68. The van der Waals surface area contributed by atoms with Gasteiger partial charge in [0.25, 0.3) is 5.91 Å². The molecule has 9 heteroatoms. The van der Waals surface area contributed by atoms with Crippen molar-refractivity contribution in [2.75, 3.05) is 33.2 Å². The molecule has 8 nitrogen and oxygen atoms in total. The number of piperidine rings is 1. The van der Waals surface area contributed by atoms with Crippen LogP contribution in [0.15, 0.2) is 29.3 Å². The van der Waals surface area contributed by atoms with Gasteiger partial charge in [-0.15, -0.1) is 0 Å².